The van der Waals surface area contributed by atoms with E-state index >= 15 is 0 Å². The molecule has 0 unspecified atom stereocenters. The molecule has 2 aromatic carbocycles. The summed E-state index contributed by atoms with van der Waals surface area (Å²) in [6.45, 7) is 0. The third-order valence-corrected chi connectivity index (χ3v) is 5.88. The van der Waals surface area contributed by atoms with E-state index in [-0.39, 0.29) is 17.9 Å². The third-order valence-electron chi connectivity index (χ3n) is 5.88. The van der Waals surface area contributed by atoms with Gasteiger partial charge in [-0.25, -0.2) is 5.01 Å². The van der Waals surface area contributed by atoms with Crippen LogP contribution < -0.4 is 0 Å². The summed E-state index contributed by atoms with van der Waals surface area (Å²) in [6, 6.07) is 25.9. The van der Waals surface area contributed by atoms with E-state index in [1.807, 2.05) is 48.5 Å². The van der Waals surface area contributed by atoms with Gasteiger partial charge >= 0.3 is 0 Å². The molecule has 4 heteroatoms. The van der Waals surface area contributed by atoms with Crippen molar-refractivity contribution in [2.24, 2.45) is 11.0 Å². The standard InChI is InChI=1S/C26H23N3O/c30-26(23-16-7-8-17-27-23)29-25(20-12-5-2-6-13-20)22-15-9-14-21(24(22)28-29)18-19-10-3-1-4-11-19/h1-8,10-13,16-18,22,25H,9,14-15H2/b21-18-/t22-,25-/m1/s1. The van der Waals surface area contributed by atoms with Gasteiger partial charge in [0.1, 0.15) is 5.69 Å². The summed E-state index contributed by atoms with van der Waals surface area (Å²) >= 11 is 0. The first-order chi connectivity index (χ1) is 14.8. The van der Waals surface area contributed by atoms with Gasteiger partial charge in [-0.3, -0.25) is 9.78 Å². The van der Waals surface area contributed by atoms with E-state index in [1.165, 1.54) is 11.1 Å². The molecular formula is C26H23N3O. The Bertz CT molecular complexity index is 1090. The molecular weight excluding hydrogens is 370 g/mol. The number of carbonyl (C=O) groups is 1. The van der Waals surface area contributed by atoms with Crippen LogP contribution in [-0.2, 0) is 0 Å². The van der Waals surface area contributed by atoms with Crippen LogP contribution >= 0.6 is 0 Å². The lowest BCUT2D eigenvalue weighted by Gasteiger charge is -2.29. The van der Waals surface area contributed by atoms with Crippen LogP contribution in [0.4, 0.5) is 0 Å². The van der Waals surface area contributed by atoms with E-state index in [2.05, 4.69) is 35.3 Å². The Hall–Kier alpha value is -3.53. The number of aromatic nitrogens is 1. The highest BCUT2D eigenvalue weighted by Gasteiger charge is 2.44. The minimum atomic E-state index is -0.148. The first kappa shape index (κ1) is 18.5. The number of amides is 1. The first-order valence-corrected chi connectivity index (χ1v) is 10.5. The molecule has 148 valence electrons. The summed E-state index contributed by atoms with van der Waals surface area (Å²) in [5.74, 6) is 0.0502. The molecule has 2 heterocycles. The predicted octanol–water partition coefficient (Wildman–Crippen LogP) is 5.52. The number of nitrogens with zero attached hydrogens (tertiary/aromatic N) is 3. The smallest absolute Gasteiger partial charge is 0.265 e. The van der Waals surface area contributed by atoms with Crippen LogP contribution in [0.2, 0.25) is 0 Å². The summed E-state index contributed by atoms with van der Waals surface area (Å²) in [7, 11) is 0. The van der Waals surface area contributed by atoms with Crippen molar-refractivity contribution < 1.29 is 4.79 Å². The Kier molecular flexibility index (Phi) is 4.98. The maximum Gasteiger partial charge on any atom is 0.293 e. The van der Waals surface area contributed by atoms with Crippen LogP contribution in [0.5, 0.6) is 0 Å². The molecule has 2 aliphatic rings. The molecule has 2 atom stereocenters. The number of benzene rings is 2. The second-order valence-corrected chi connectivity index (χ2v) is 7.78. The number of hydrogen-bond acceptors (Lipinski definition) is 3. The van der Waals surface area contributed by atoms with E-state index in [1.54, 1.807) is 17.3 Å². The molecule has 1 aliphatic heterocycles. The van der Waals surface area contributed by atoms with E-state index in [0.29, 0.717) is 5.69 Å². The molecule has 5 rings (SSSR count). The average Bonchev–Trinajstić information content (AvgIpc) is 3.21. The van der Waals surface area contributed by atoms with Crippen molar-refractivity contribution in [3.05, 3.63) is 107 Å². The van der Waals surface area contributed by atoms with Gasteiger partial charge in [0.2, 0.25) is 0 Å². The van der Waals surface area contributed by atoms with Gasteiger partial charge in [0, 0.05) is 12.1 Å². The molecule has 0 N–H and O–H groups in total. The fourth-order valence-corrected chi connectivity index (χ4v) is 4.51. The number of allylic oxidation sites excluding steroid dienone is 1. The molecule has 30 heavy (non-hydrogen) atoms. The third kappa shape index (κ3) is 3.45. The van der Waals surface area contributed by atoms with Crippen LogP contribution in [-0.4, -0.2) is 21.6 Å². The summed E-state index contributed by atoms with van der Waals surface area (Å²) in [6.07, 6.45) is 6.98. The van der Waals surface area contributed by atoms with Crippen LogP contribution in [0.1, 0.15) is 46.9 Å². The number of pyridine rings is 1. The van der Waals surface area contributed by atoms with Crippen molar-refractivity contribution in [2.45, 2.75) is 25.3 Å². The van der Waals surface area contributed by atoms with Crippen LogP contribution in [0, 0.1) is 5.92 Å². The van der Waals surface area contributed by atoms with Crippen molar-refractivity contribution in [3.63, 3.8) is 0 Å². The topological polar surface area (TPSA) is 45.6 Å². The normalized spacial score (nSPS) is 21.9. The molecule has 4 nitrogen and oxygen atoms in total. The van der Waals surface area contributed by atoms with E-state index in [0.717, 1.165) is 30.5 Å². The molecule has 0 radical (unpaired) electrons. The van der Waals surface area contributed by atoms with Gasteiger partial charge in [-0.15, -0.1) is 0 Å². The van der Waals surface area contributed by atoms with E-state index in [9.17, 15) is 4.79 Å². The zero-order valence-corrected chi connectivity index (χ0v) is 16.7. The van der Waals surface area contributed by atoms with Gasteiger partial charge in [0.25, 0.3) is 5.91 Å². The Morgan fingerprint density at radius 3 is 2.40 bits per heavy atom. The lowest BCUT2D eigenvalue weighted by molar-refractivity contribution is 0.0675. The minimum absolute atomic E-state index is 0.102. The van der Waals surface area contributed by atoms with E-state index in [4.69, 9.17) is 5.10 Å². The van der Waals surface area contributed by atoms with Gasteiger partial charge in [-0.1, -0.05) is 66.7 Å². The largest absolute Gasteiger partial charge is 0.293 e. The number of hydrogen-bond donors (Lipinski definition) is 0. The van der Waals surface area contributed by atoms with Crippen LogP contribution in [0.3, 0.4) is 0 Å². The quantitative estimate of drug-likeness (QED) is 0.588. The summed E-state index contributed by atoms with van der Waals surface area (Å²) in [5.41, 5.74) is 4.99. The molecule has 1 aromatic heterocycles. The van der Waals surface area contributed by atoms with Gasteiger partial charge in [0.05, 0.1) is 11.8 Å². The predicted molar refractivity (Wildman–Crippen MR) is 119 cm³/mol. The fraction of sp³-hybridized carbons (Fsp3) is 0.192. The molecule has 1 amide bonds. The van der Waals surface area contributed by atoms with Crippen molar-refractivity contribution in [1.29, 1.82) is 0 Å². The molecule has 0 saturated heterocycles. The van der Waals surface area contributed by atoms with Crippen molar-refractivity contribution in [2.75, 3.05) is 0 Å². The fourth-order valence-electron chi connectivity index (χ4n) is 4.51. The highest BCUT2D eigenvalue weighted by Crippen LogP contribution is 2.44. The zero-order chi connectivity index (χ0) is 20.3. The lowest BCUT2D eigenvalue weighted by atomic mass is 9.77. The van der Waals surface area contributed by atoms with Gasteiger partial charge in [-0.05, 0) is 54.2 Å². The van der Waals surface area contributed by atoms with Crippen molar-refractivity contribution in [1.82, 2.24) is 9.99 Å². The lowest BCUT2D eigenvalue weighted by Crippen LogP contribution is -2.32. The second-order valence-electron chi connectivity index (χ2n) is 7.78. The monoisotopic (exact) mass is 393 g/mol. The molecule has 1 fully saturated rings. The van der Waals surface area contributed by atoms with E-state index < -0.39 is 0 Å². The molecule has 3 aromatic rings. The number of rotatable bonds is 3. The van der Waals surface area contributed by atoms with Crippen molar-refractivity contribution >= 4 is 17.7 Å². The maximum absolute atomic E-state index is 13.4. The summed E-state index contributed by atoms with van der Waals surface area (Å²) in [4.78, 5) is 17.7. The number of hydrazone groups is 1. The maximum atomic E-state index is 13.4. The average molecular weight is 393 g/mol. The highest BCUT2D eigenvalue weighted by molar-refractivity contribution is 6.09. The SMILES string of the molecule is O=C(c1ccccn1)N1N=C2/C(=C\c3ccccc3)CCC[C@H]2[C@H]1c1ccccc1. The Morgan fingerprint density at radius 1 is 0.933 bits per heavy atom. The number of carbonyl (C=O) groups excluding carboxylic acids is 1. The summed E-state index contributed by atoms with van der Waals surface area (Å²) < 4.78 is 0. The Labute approximate surface area is 176 Å². The summed E-state index contributed by atoms with van der Waals surface area (Å²) in [5, 5.41) is 6.58. The second kappa shape index (κ2) is 8.07. The molecule has 1 saturated carbocycles. The Balaban J connectivity index is 1.58. The highest BCUT2D eigenvalue weighted by atomic mass is 16.2. The number of fused-ring (bicyclic) bond motifs is 1. The zero-order valence-electron chi connectivity index (χ0n) is 16.7. The van der Waals surface area contributed by atoms with Gasteiger partial charge in [-0.2, -0.15) is 5.10 Å². The first-order valence-electron chi connectivity index (χ1n) is 10.5. The van der Waals surface area contributed by atoms with Crippen molar-refractivity contribution in [3.8, 4) is 0 Å². The van der Waals surface area contributed by atoms with Gasteiger partial charge < -0.3 is 0 Å². The molecule has 1 aliphatic carbocycles. The van der Waals surface area contributed by atoms with Gasteiger partial charge in [0.15, 0.2) is 0 Å². The molecule has 0 spiro atoms. The molecule has 0 bridgehead atoms. The Morgan fingerprint density at radius 2 is 1.67 bits per heavy atom. The minimum Gasteiger partial charge on any atom is -0.265 e. The van der Waals surface area contributed by atoms with Crippen LogP contribution in [0.15, 0.2) is 95.7 Å². The van der Waals surface area contributed by atoms with Crippen LogP contribution in [0.25, 0.3) is 6.08 Å².